The molecule has 1 saturated carbocycles. The second-order valence-electron chi connectivity index (χ2n) is 4.54. The fourth-order valence-corrected chi connectivity index (χ4v) is 2.31. The number of rotatable bonds is 2. The summed E-state index contributed by atoms with van der Waals surface area (Å²) in [5.74, 6) is -1.97. The summed E-state index contributed by atoms with van der Waals surface area (Å²) in [7, 11) is 0. The summed E-state index contributed by atoms with van der Waals surface area (Å²) >= 11 is 0. The number of imide groups is 1. The Morgan fingerprint density at radius 1 is 1.28 bits per heavy atom. The number of anilines is 2. The van der Waals surface area contributed by atoms with Gasteiger partial charge < -0.3 is 10.8 Å². The molecule has 2 unspecified atom stereocenters. The molecule has 6 nitrogen and oxygen atoms in total. The summed E-state index contributed by atoms with van der Waals surface area (Å²) < 4.78 is 0. The third-order valence-electron chi connectivity index (χ3n) is 3.38. The molecule has 3 rings (SSSR count). The van der Waals surface area contributed by atoms with Gasteiger partial charge in [0.1, 0.15) is 0 Å². The van der Waals surface area contributed by atoms with E-state index in [0.29, 0.717) is 6.42 Å². The van der Waals surface area contributed by atoms with E-state index in [1.807, 2.05) is 0 Å². The third kappa shape index (κ3) is 1.32. The maximum atomic E-state index is 11.9. The van der Waals surface area contributed by atoms with Gasteiger partial charge in [-0.05, 0) is 24.6 Å². The van der Waals surface area contributed by atoms with Crippen molar-refractivity contribution in [1.82, 2.24) is 0 Å². The van der Waals surface area contributed by atoms with Crippen molar-refractivity contribution in [2.75, 3.05) is 10.6 Å². The van der Waals surface area contributed by atoms with Crippen LogP contribution < -0.4 is 10.6 Å². The largest absolute Gasteiger partial charge is 0.478 e. The number of nitrogens with zero attached hydrogens (tertiary/aromatic N) is 1. The average Bonchev–Trinajstić information content (AvgIpc) is 3.06. The van der Waals surface area contributed by atoms with Gasteiger partial charge in [0.25, 0.3) is 0 Å². The maximum Gasteiger partial charge on any atom is 0.335 e. The summed E-state index contributed by atoms with van der Waals surface area (Å²) in [6.45, 7) is 0. The molecule has 2 aliphatic rings. The number of carboxylic acid groups (broad SMARTS) is 1. The molecule has 2 atom stereocenters. The Kier molecular flexibility index (Phi) is 1.98. The predicted octanol–water partition coefficient (Wildman–Crippen LogP) is 0.476. The van der Waals surface area contributed by atoms with Crippen molar-refractivity contribution in [3.05, 3.63) is 23.8 Å². The Labute approximate surface area is 102 Å². The summed E-state index contributed by atoms with van der Waals surface area (Å²) in [6.07, 6.45) is 0.626. The third-order valence-corrected chi connectivity index (χ3v) is 3.38. The van der Waals surface area contributed by atoms with Crippen molar-refractivity contribution in [2.45, 2.75) is 6.42 Å². The first-order chi connectivity index (χ1) is 8.50. The zero-order valence-corrected chi connectivity index (χ0v) is 9.29. The van der Waals surface area contributed by atoms with E-state index >= 15 is 0 Å². The van der Waals surface area contributed by atoms with Gasteiger partial charge in [0.15, 0.2) is 0 Å². The lowest BCUT2D eigenvalue weighted by Crippen LogP contribution is -2.33. The predicted molar refractivity (Wildman–Crippen MR) is 61.9 cm³/mol. The molecule has 1 aliphatic carbocycles. The van der Waals surface area contributed by atoms with Gasteiger partial charge in [-0.2, -0.15) is 0 Å². The molecule has 1 heterocycles. The molecule has 1 saturated heterocycles. The topological polar surface area (TPSA) is 101 Å². The van der Waals surface area contributed by atoms with Gasteiger partial charge in [0, 0.05) is 0 Å². The van der Waals surface area contributed by atoms with E-state index in [9.17, 15) is 14.4 Å². The van der Waals surface area contributed by atoms with E-state index in [1.54, 1.807) is 0 Å². The fourth-order valence-electron chi connectivity index (χ4n) is 2.31. The van der Waals surface area contributed by atoms with Crippen molar-refractivity contribution in [1.29, 1.82) is 0 Å². The number of hydrogen-bond acceptors (Lipinski definition) is 4. The number of benzene rings is 1. The van der Waals surface area contributed by atoms with Crippen LogP contribution in [0.3, 0.4) is 0 Å². The molecular formula is C12H10N2O4. The highest BCUT2D eigenvalue weighted by molar-refractivity contribution is 6.25. The quantitative estimate of drug-likeness (QED) is 0.583. The molecule has 1 aromatic rings. The number of fused-ring (bicyclic) bond motifs is 1. The average molecular weight is 246 g/mol. The van der Waals surface area contributed by atoms with Crippen LogP contribution in [0.25, 0.3) is 0 Å². The number of aromatic carboxylic acids is 1. The highest BCUT2D eigenvalue weighted by Gasteiger charge is 2.59. The van der Waals surface area contributed by atoms with Gasteiger partial charge in [-0.15, -0.1) is 0 Å². The second-order valence-corrected chi connectivity index (χ2v) is 4.54. The van der Waals surface area contributed by atoms with Gasteiger partial charge in [-0.25, -0.2) is 9.69 Å². The molecule has 6 heteroatoms. The van der Waals surface area contributed by atoms with E-state index in [1.165, 1.54) is 18.2 Å². The van der Waals surface area contributed by atoms with E-state index in [0.717, 1.165) is 4.90 Å². The Morgan fingerprint density at radius 3 is 2.39 bits per heavy atom. The SMILES string of the molecule is Nc1cc(C(=O)O)ccc1N1C(=O)C2CC2C1=O. The number of nitrogen functional groups attached to an aromatic ring is 1. The van der Waals surface area contributed by atoms with Crippen LogP contribution in [0.15, 0.2) is 18.2 Å². The zero-order valence-electron chi connectivity index (χ0n) is 9.29. The minimum Gasteiger partial charge on any atom is -0.478 e. The minimum absolute atomic E-state index is 0.0282. The van der Waals surface area contributed by atoms with Crippen LogP contribution in [0.4, 0.5) is 11.4 Å². The lowest BCUT2D eigenvalue weighted by Gasteiger charge is -2.18. The maximum absolute atomic E-state index is 11.9. The van der Waals surface area contributed by atoms with Gasteiger partial charge in [0.2, 0.25) is 11.8 Å². The number of piperidine rings is 1. The summed E-state index contributed by atoms with van der Waals surface area (Å²) in [5, 5.41) is 8.82. The number of amides is 2. The van der Waals surface area contributed by atoms with Crippen molar-refractivity contribution >= 4 is 29.2 Å². The first-order valence-corrected chi connectivity index (χ1v) is 5.51. The van der Waals surface area contributed by atoms with Crippen LogP contribution in [-0.2, 0) is 9.59 Å². The summed E-state index contributed by atoms with van der Waals surface area (Å²) in [6, 6.07) is 3.99. The molecule has 92 valence electrons. The van der Waals surface area contributed by atoms with E-state index in [4.69, 9.17) is 10.8 Å². The number of carbonyl (C=O) groups is 3. The van der Waals surface area contributed by atoms with Crippen LogP contribution in [0.2, 0.25) is 0 Å². The van der Waals surface area contributed by atoms with Gasteiger partial charge in [-0.1, -0.05) is 0 Å². The molecule has 18 heavy (non-hydrogen) atoms. The molecular weight excluding hydrogens is 236 g/mol. The first kappa shape index (κ1) is 10.8. The Morgan fingerprint density at radius 2 is 1.89 bits per heavy atom. The molecule has 0 spiro atoms. The number of nitrogens with two attached hydrogens (primary N) is 1. The standard InChI is InChI=1S/C12H10N2O4/c13-8-3-5(12(17)18)1-2-9(8)14-10(15)6-4-7(6)11(14)16/h1-3,6-7H,4,13H2,(H,17,18). The Bertz CT molecular complexity index is 576. The normalized spacial score (nSPS) is 25.2. The minimum atomic E-state index is -1.10. The van der Waals surface area contributed by atoms with Crippen LogP contribution in [0.5, 0.6) is 0 Å². The number of hydrogen-bond donors (Lipinski definition) is 2. The van der Waals surface area contributed by atoms with E-state index in [2.05, 4.69) is 0 Å². The van der Waals surface area contributed by atoms with E-state index < -0.39 is 5.97 Å². The monoisotopic (exact) mass is 246 g/mol. The van der Waals surface area contributed by atoms with Crippen LogP contribution in [-0.4, -0.2) is 22.9 Å². The molecule has 1 aliphatic heterocycles. The highest BCUT2D eigenvalue weighted by atomic mass is 16.4. The van der Waals surface area contributed by atoms with Crippen molar-refractivity contribution in [3.63, 3.8) is 0 Å². The second kappa shape index (κ2) is 3.32. The van der Waals surface area contributed by atoms with Crippen molar-refractivity contribution in [2.24, 2.45) is 11.8 Å². The molecule has 1 aromatic carbocycles. The zero-order chi connectivity index (χ0) is 13.0. The summed E-state index contributed by atoms with van der Waals surface area (Å²) in [4.78, 5) is 35.6. The van der Waals surface area contributed by atoms with Crippen molar-refractivity contribution < 1.29 is 19.5 Å². The van der Waals surface area contributed by atoms with Crippen LogP contribution in [0, 0.1) is 11.8 Å². The molecule has 0 aromatic heterocycles. The van der Waals surface area contributed by atoms with Gasteiger partial charge >= 0.3 is 5.97 Å². The highest BCUT2D eigenvalue weighted by Crippen LogP contribution is 2.49. The molecule has 3 N–H and O–H groups in total. The molecule has 0 radical (unpaired) electrons. The lowest BCUT2D eigenvalue weighted by atomic mass is 10.1. The molecule has 2 fully saturated rings. The molecule has 2 amide bonds. The smallest absolute Gasteiger partial charge is 0.335 e. The molecule has 0 bridgehead atoms. The van der Waals surface area contributed by atoms with Crippen LogP contribution in [0.1, 0.15) is 16.8 Å². The van der Waals surface area contributed by atoms with Crippen molar-refractivity contribution in [3.8, 4) is 0 Å². The van der Waals surface area contributed by atoms with Crippen LogP contribution >= 0.6 is 0 Å². The Balaban J connectivity index is 2.00. The van der Waals surface area contributed by atoms with E-state index in [-0.39, 0.29) is 40.6 Å². The first-order valence-electron chi connectivity index (χ1n) is 5.51. The number of carboxylic acids is 1. The summed E-state index contributed by atoms with van der Waals surface area (Å²) in [5.41, 5.74) is 6.15. The van der Waals surface area contributed by atoms with Gasteiger partial charge in [-0.3, -0.25) is 9.59 Å². The van der Waals surface area contributed by atoms with Gasteiger partial charge in [0.05, 0.1) is 28.8 Å². The lowest BCUT2D eigenvalue weighted by molar-refractivity contribution is -0.123. The fraction of sp³-hybridized carbons (Fsp3) is 0.250. The number of carbonyl (C=O) groups excluding carboxylic acids is 2. The Hall–Kier alpha value is -2.37.